The summed E-state index contributed by atoms with van der Waals surface area (Å²) in [5.41, 5.74) is 8.38. The number of rotatable bonds is 7. The molecule has 7 nitrogen and oxygen atoms in total. The molecule has 4 rings (SSSR count). The molecule has 1 amide bonds. The number of halogens is 1. The molecule has 3 aromatic heterocycles. The van der Waals surface area contributed by atoms with Crippen LogP contribution < -0.4 is 10.5 Å². The fourth-order valence-electron chi connectivity index (χ4n) is 3.41. The number of fused-ring (bicyclic) bond motifs is 1. The molecule has 166 valence electrons. The molecule has 0 saturated heterocycles. The molecule has 0 aliphatic carbocycles. The molecule has 1 aromatic carbocycles. The minimum absolute atomic E-state index is 0.0821. The number of nitrogens with zero attached hydrogens (tertiary/aromatic N) is 2. The van der Waals surface area contributed by atoms with Gasteiger partial charge in [-0.2, -0.15) is 0 Å². The second-order valence-electron chi connectivity index (χ2n) is 7.43. The van der Waals surface area contributed by atoms with Crippen LogP contribution in [0.3, 0.4) is 0 Å². The van der Waals surface area contributed by atoms with E-state index < -0.39 is 21.8 Å². The molecule has 4 aromatic rings. The Morgan fingerprint density at radius 2 is 2.03 bits per heavy atom. The average Bonchev–Trinajstić information content (AvgIpc) is 3.30. The van der Waals surface area contributed by atoms with Crippen molar-refractivity contribution >= 4 is 44.3 Å². The summed E-state index contributed by atoms with van der Waals surface area (Å²) in [4.78, 5) is 17.5. The molecule has 3 heterocycles. The highest BCUT2D eigenvalue weighted by atomic mass is 35.5. The maximum Gasteiger partial charge on any atom is 0.262 e. The third kappa shape index (κ3) is 4.64. The molecule has 0 aliphatic heterocycles. The van der Waals surface area contributed by atoms with Crippen molar-refractivity contribution in [3.63, 3.8) is 0 Å². The van der Waals surface area contributed by atoms with Crippen molar-refractivity contribution in [2.75, 3.05) is 6.26 Å². The molecule has 10 heteroatoms. The molecule has 0 aliphatic rings. The molecule has 0 saturated carbocycles. The molecule has 0 unspecified atom stereocenters. The third-order valence-corrected chi connectivity index (χ3v) is 7.17. The number of pyridine rings is 1. The normalized spacial score (nSPS) is 12.7. The zero-order chi connectivity index (χ0) is 23.0. The summed E-state index contributed by atoms with van der Waals surface area (Å²) in [5.74, 6) is -0.331. The first-order valence-corrected chi connectivity index (χ1v) is 12.9. The van der Waals surface area contributed by atoms with Crippen LogP contribution in [0.4, 0.5) is 0 Å². The fraction of sp³-hybridized carbons (Fsp3) is 0.182. The monoisotopic (exact) mass is 489 g/mol. The summed E-state index contributed by atoms with van der Waals surface area (Å²) in [6.07, 6.45) is 4.17. The van der Waals surface area contributed by atoms with Crippen LogP contribution >= 0.6 is 22.9 Å². The number of ether oxygens (including phenoxy) is 1. The Morgan fingerprint density at radius 3 is 2.72 bits per heavy atom. The van der Waals surface area contributed by atoms with E-state index in [4.69, 9.17) is 22.1 Å². The summed E-state index contributed by atoms with van der Waals surface area (Å²) in [7, 11) is -3.19. The van der Waals surface area contributed by atoms with Crippen molar-refractivity contribution in [2.45, 2.75) is 18.8 Å². The van der Waals surface area contributed by atoms with E-state index in [9.17, 15) is 13.2 Å². The third-order valence-electron chi connectivity index (χ3n) is 4.82. The Balaban J connectivity index is 1.74. The summed E-state index contributed by atoms with van der Waals surface area (Å²) in [6, 6.07) is 12.6. The van der Waals surface area contributed by atoms with E-state index in [1.807, 2.05) is 25.1 Å². The number of sulfone groups is 1. The number of benzene rings is 1. The van der Waals surface area contributed by atoms with Gasteiger partial charge in [-0.15, -0.1) is 11.3 Å². The highest BCUT2D eigenvalue weighted by Crippen LogP contribution is 2.39. The summed E-state index contributed by atoms with van der Waals surface area (Å²) in [6.45, 7) is 1.84. The molecular formula is C22H20ClN3O4S2. The second kappa shape index (κ2) is 8.57. The first kappa shape index (κ1) is 22.3. The van der Waals surface area contributed by atoms with Gasteiger partial charge < -0.3 is 10.5 Å². The van der Waals surface area contributed by atoms with Crippen molar-refractivity contribution in [1.29, 1.82) is 0 Å². The summed E-state index contributed by atoms with van der Waals surface area (Å²) >= 11 is 7.47. The Hall–Kier alpha value is -2.88. The van der Waals surface area contributed by atoms with Gasteiger partial charge in [0, 0.05) is 29.1 Å². The lowest BCUT2D eigenvalue weighted by Gasteiger charge is -2.16. The minimum atomic E-state index is -3.19. The summed E-state index contributed by atoms with van der Waals surface area (Å²) in [5, 5.41) is 0.566. The van der Waals surface area contributed by atoms with Crippen LogP contribution in [0.15, 0.2) is 54.9 Å². The largest absolute Gasteiger partial charge is 0.484 e. The number of thiophene rings is 1. The van der Waals surface area contributed by atoms with Crippen LogP contribution in [-0.4, -0.2) is 30.0 Å². The first-order valence-electron chi connectivity index (χ1n) is 9.61. The number of amides is 1. The zero-order valence-electron chi connectivity index (χ0n) is 17.3. The molecule has 32 heavy (non-hydrogen) atoms. The average molecular weight is 490 g/mol. The van der Waals surface area contributed by atoms with E-state index in [-0.39, 0.29) is 10.6 Å². The maximum atomic E-state index is 12.1. The zero-order valence-corrected chi connectivity index (χ0v) is 19.7. The molecule has 0 spiro atoms. The van der Waals surface area contributed by atoms with Crippen molar-refractivity contribution in [3.8, 4) is 16.3 Å². The van der Waals surface area contributed by atoms with Gasteiger partial charge in [0.1, 0.15) is 22.4 Å². The van der Waals surface area contributed by atoms with Gasteiger partial charge in [-0.05, 0) is 24.6 Å². The van der Waals surface area contributed by atoms with Crippen molar-refractivity contribution < 1.29 is 17.9 Å². The van der Waals surface area contributed by atoms with E-state index in [0.29, 0.717) is 32.6 Å². The SMILES string of the molecule is C[C@@H](Oc1cc(-c2cnc3ccc(CS(C)(=O)=O)cn23)sc1C(N)=O)c1ccccc1Cl. The Bertz CT molecular complexity index is 1430. The van der Waals surface area contributed by atoms with E-state index in [1.165, 1.54) is 17.6 Å². The summed E-state index contributed by atoms with van der Waals surface area (Å²) < 4.78 is 31.3. The predicted octanol–water partition coefficient (Wildman–Crippen LogP) is 4.50. The van der Waals surface area contributed by atoms with E-state index >= 15 is 0 Å². The lowest BCUT2D eigenvalue weighted by molar-refractivity contribution is 0.0998. The standard InChI is InChI=1S/C22H20ClN3O4S2/c1-13(15-5-3-4-6-16(15)23)30-18-9-19(31-21(18)22(24)27)17-10-25-20-8-7-14(11-26(17)20)12-32(2,28)29/h3-11,13H,12H2,1-2H3,(H2,24,27)/t13-/m1/s1. The molecule has 0 radical (unpaired) electrons. The quantitative estimate of drug-likeness (QED) is 0.411. The molecule has 2 N–H and O–H groups in total. The maximum absolute atomic E-state index is 12.1. The Morgan fingerprint density at radius 1 is 1.28 bits per heavy atom. The van der Waals surface area contributed by atoms with Crippen LogP contribution in [0.1, 0.15) is 33.8 Å². The number of carbonyl (C=O) groups is 1. The number of carbonyl (C=O) groups excluding carboxylic acids is 1. The van der Waals surface area contributed by atoms with Crippen molar-refractivity contribution in [1.82, 2.24) is 9.38 Å². The van der Waals surface area contributed by atoms with Gasteiger partial charge in [0.15, 0.2) is 9.84 Å². The number of nitrogens with two attached hydrogens (primary N) is 1. The van der Waals surface area contributed by atoms with E-state index in [2.05, 4.69) is 4.98 Å². The van der Waals surface area contributed by atoms with Crippen molar-refractivity contribution in [3.05, 3.63) is 75.9 Å². The second-order valence-corrected chi connectivity index (χ2v) is 11.0. The minimum Gasteiger partial charge on any atom is -0.484 e. The van der Waals surface area contributed by atoms with Gasteiger partial charge in [0.05, 0.1) is 22.5 Å². The van der Waals surface area contributed by atoms with Gasteiger partial charge >= 0.3 is 0 Å². The van der Waals surface area contributed by atoms with Crippen LogP contribution in [0.2, 0.25) is 5.02 Å². The van der Waals surface area contributed by atoms with E-state index in [0.717, 1.165) is 5.56 Å². The van der Waals surface area contributed by atoms with Gasteiger partial charge in [-0.1, -0.05) is 35.9 Å². The van der Waals surface area contributed by atoms with Crippen molar-refractivity contribution in [2.24, 2.45) is 5.73 Å². The molecular weight excluding hydrogens is 470 g/mol. The highest BCUT2D eigenvalue weighted by molar-refractivity contribution is 7.89. The number of hydrogen-bond acceptors (Lipinski definition) is 6. The van der Waals surface area contributed by atoms with Crippen LogP contribution in [0.25, 0.3) is 16.2 Å². The smallest absolute Gasteiger partial charge is 0.262 e. The number of imidazole rings is 1. The number of aromatic nitrogens is 2. The lowest BCUT2D eigenvalue weighted by Crippen LogP contribution is -2.12. The molecule has 1 atom stereocenters. The van der Waals surface area contributed by atoms with E-state index in [1.54, 1.807) is 41.1 Å². The first-order chi connectivity index (χ1) is 15.1. The number of primary amides is 1. The van der Waals surface area contributed by atoms with Crippen LogP contribution in [-0.2, 0) is 15.6 Å². The van der Waals surface area contributed by atoms with Gasteiger partial charge in [-0.25, -0.2) is 13.4 Å². The van der Waals surface area contributed by atoms with Gasteiger partial charge in [0.25, 0.3) is 5.91 Å². The topological polar surface area (TPSA) is 104 Å². The fourth-order valence-corrected chi connectivity index (χ4v) is 5.43. The highest BCUT2D eigenvalue weighted by Gasteiger charge is 2.21. The predicted molar refractivity (Wildman–Crippen MR) is 126 cm³/mol. The Kier molecular flexibility index (Phi) is 5.98. The lowest BCUT2D eigenvalue weighted by atomic mass is 10.1. The number of hydrogen-bond donors (Lipinski definition) is 1. The van der Waals surface area contributed by atoms with Crippen LogP contribution in [0.5, 0.6) is 5.75 Å². The van der Waals surface area contributed by atoms with Gasteiger partial charge in [-0.3, -0.25) is 9.20 Å². The molecule has 0 fully saturated rings. The Labute approximate surface area is 194 Å². The van der Waals surface area contributed by atoms with Crippen LogP contribution in [0, 0.1) is 0 Å². The van der Waals surface area contributed by atoms with Gasteiger partial charge in [0.2, 0.25) is 0 Å². The molecule has 0 bridgehead atoms.